The second kappa shape index (κ2) is 5.86. The molecule has 1 spiro atoms. The topological polar surface area (TPSA) is 15.3 Å². The molecule has 2 heteroatoms. The maximum absolute atomic E-state index is 3.46. The highest BCUT2D eigenvalue weighted by Gasteiger charge is 2.39. The van der Waals surface area contributed by atoms with Crippen LogP contribution in [0.2, 0.25) is 0 Å². The minimum absolute atomic E-state index is 0.690. The quantitative estimate of drug-likeness (QED) is 0.718. The van der Waals surface area contributed by atoms with Crippen molar-refractivity contribution in [1.29, 1.82) is 0 Å². The van der Waals surface area contributed by atoms with Gasteiger partial charge in [-0.3, -0.25) is 0 Å². The third-order valence-electron chi connectivity index (χ3n) is 3.86. The van der Waals surface area contributed by atoms with Gasteiger partial charge >= 0.3 is 0 Å². The van der Waals surface area contributed by atoms with E-state index in [0.29, 0.717) is 5.41 Å². The summed E-state index contributed by atoms with van der Waals surface area (Å²) in [7, 11) is 0. The van der Waals surface area contributed by atoms with Gasteiger partial charge in [0.05, 0.1) is 0 Å². The van der Waals surface area contributed by atoms with E-state index in [2.05, 4.69) is 24.1 Å². The minimum atomic E-state index is 0.690. The maximum Gasteiger partial charge on any atom is 0.00421 e. The van der Waals surface area contributed by atoms with Crippen LogP contribution >= 0.6 is 0 Å². The monoisotopic (exact) mass is 212 g/mol. The SMILES string of the molecule is CC.CC(C)N1CCC2(CCNCC2)C1. The van der Waals surface area contributed by atoms with Crippen molar-refractivity contribution in [2.45, 2.75) is 53.0 Å². The van der Waals surface area contributed by atoms with Crippen LogP contribution in [0, 0.1) is 5.41 Å². The van der Waals surface area contributed by atoms with E-state index in [0.717, 1.165) is 6.04 Å². The molecule has 90 valence electrons. The molecular weight excluding hydrogens is 184 g/mol. The summed E-state index contributed by atoms with van der Waals surface area (Å²) < 4.78 is 0. The van der Waals surface area contributed by atoms with Crippen LogP contribution < -0.4 is 5.32 Å². The highest BCUT2D eigenvalue weighted by molar-refractivity contribution is 4.93. The Morgan fingerprint density at radius 2 is 1.67 bits per heavy atom. The Morgan fingerprint density at radius 1 is 1.07 bits per heavy atom. The molecule has 0 amide bonds. The highest BCUT2D eigenvalue weighted by Crippen LogP contribution is 2.39. The first-order valence-corrected chi connectivity index (χ1v) is 6.67. The molecule has 0 unspecified atom stereocenters. The van der Waals surface area contributed by atoms with E-state index in [4.69, 9.17) is 0 Å². The molecule has 0 radical (unpaired) electrons. The van der Waals surface area contributed by atoms with Crippen LogP contribution in [0.25, 0.3) is 0 Å². The molecule has 2 aliphatic heterocycles. The van der Waals surface area contributed by atoms with Crippen molar-refractivity contribution in [2.75, 3.05) is 26.2 Å². The Balaban J connectivity index is 0.000000531. The van der Waals surface area contributed by atoms with E-state index in [-0.39, 0.29) is 0 Å². The molecule has 0 aromatic rings. The lowest BCUT2D eigenvalue weighted by Gasteiger charge is -2.34. The normalized spacial score (nSPS) is 25.4. The maximum atomic E-state index is 3.46. The molecule has 2 aliphatic rings. The van der Waals surface area contributed by atoms with Gasteiger partial charge < -0.3 is 10.2 Å². The van der Waals surface area contributed by atoms with Gasteiger partial charge in [0.2, 0.25) is 0 Å². The zero-order valence-electron chi connectivity index (χ0n) is 11.0. The van der Waals surface area contributed by atoms with Crippen LogP contribution in [-0.2, 0) is 0 Å². The van der Waals surface area contributed by atoms with E-state index >= 15 is 0 Å². The lowest BCUT2D eigenvalue weighted by molar-refractivity contribution is 0.180. The molecule has 0 aliphatic carbocycles. The molecular formula is C13H28N2. The van der Waals surface area contributed by atoms with E-state index in [1.165, 1.54) is 45.4 Å². The second-order valence-electron chi connectivity index (χ2n) is 5.06. The summed E-state index contributed by atoms with van der Waals surface area (Å²) in [6.07, 6.45) is 4.24. The number of nitrogens with zero attached hydrogens (tertiary/aromatic N) is 1. The van der Waals surface area contributed by atoms with Crippen LogP contribution in [-0.4, -0.2) is 37.1 Å². The van der Waals surface area contributed by atoms with Crippen molar-refractivity contribution < 1.29 is 0 Å². The summed E-state index contributed by atoms with van der Waals surface area (Å²) in [5.41, 5.74) is 0.690. The van der Waals surface area contributed by atoms with Crippen LogP contribution in [0.1, 0.15) is 47.0 Å². The average Bonchev–Trinajstić information content (AvgIpc) is 2.67. The summed E-state index contributed by atoms with van der Waals surface area (Å²) in [4.78, 5) is 2.64. The Kier molecular flexibility index (Phi) is 5.07. The molecule has 0 atom stereocenters. The van der Waals surface area contributed by atoms with Crippen molar-refractivity contribution in [1.82, 2.24) is 10.2 Å². The molecule has 2 rings (SSSR count). The van der Waals surface area contributed by atoms with Crippen LogP contribution in [0.4, 0.5) is 0 Å². The number of rotatable bonds is 1. The van der Waals surface area contributed by atoms with Crippen molar-refractivity contribution in [3.8, 4) is 0 Å². The van der Waals surface area contributed by atoms with Crippen molar-refractivity contribution in [3.63, 3.8) is 0 Å². The summed E-state index contributed by atoms with van der Waals surface area (Å²) in [6.45, 7) is 13.8. The molecule has 0 saturated carbocycles. The fourth-order valence-electron chi connectivity index (χ4n) is 2.78. The van der Waals surface area contributed by atoms with Gasteiger partial charge in [0, 0.05) is 12.6 Å². The molecule has 2 fully saturated rings. The van der Waals surface area contributed by atoms with Gasteiger partial charge in [0.15, 0.2) is 0 Å². The Morgan fingerprint density at radius 3 is 2.13 bits per heavy atom. The molecule has 2 heterocycles. The van der Waals surface area contributed by atoms with Crippen LogP contribution in [0.3, 0.4) is 0 Å². The van der Waals surface area contributed by atoms with E-state index < -0.39 is 0 Å². The van der Waals surface area contributed by atoms with Crippen LogP contribution in [0.5, 0.6) is 0 Å². The van der Waals surface area contributed by atoms with Crippen LogP contribution in [0.15, 0.2) is 0 Å². The van der Waals surface area contributed by atoms with Gasteiger partial charge in [0.1, 0.15) is 0 Å². The molecule has 2 saturated heterocycles. The van der Waals surface area contributed by atoms with Gasteiger partial charge in [-0.25, -0.2) is 0 Å². The summed E-state index contributed by atoms with van der Waals surface area (Å²) in [5.74, 6) is 0. The van der Waals surface area contributed by atoms with Crippen molar-refractivity contribution in [3.05, 3.63) is 0 Å². The Labute approximate surface area is 95.4 Å². The predicted octanol–water partition coefficient (Wildman–Crippen LogP) is 2.50. The zero-order valence-corrected chi connectivity index (χ0v) is 11.0. The van der Waals surface area contributed by atoms with E-state index in [1.807, 2.05) is 13.8 Å². The first-order valence-electron chi connectivity index (χ1n) is 6.67. The lowest BCUT2D eigenvalue weighted by Crippen LogP contribution is -2.39. The van der Waals surface area contributed by atoms with Gasteiger partial charge in [-0.2, -0.15) is 0 Å². The fourth-order valence-corrected chi connectivity index (χ4v) is 2.78. The number of hydrogen-bond donors (Lipinski definition) is 1. The standard InChI is InChI=1S/C11H22N2.C2H6/c1-10(2)13-8-5-11(9-13)3-6-12-7-4-11;1-2/h10,12H,3-9H2,1-2H3;1-2H3. The Bertz CT molecular complexity index is 171. The summed E-state index contributed by atoms with van der Waals surface area (Å²) >= 11 is 0. The van der Waals surface area contributed by atoms with Crippen molar-refractivity contribution in [2.24, 2.45) is 5.41 Å². The molecule has 0 bridgehead atoms. The third kappa shape index (κ3) is 3.18. The number of hydrogen-bond acceptors (Lipinski definition) is 2. The average molecular weight is 212 g/mol. The second-order valence-corrected chi connectivity index (χ2v) is 5.06. The van der Waals surface area contributed by atoms with Gasteiger partial charge in [-0.05, 0) is 58.2 Å². The van der Waals surface area contributed by atoms with E-state index in [9.17, 15) is 0 Å². The third-order valence-corrected chi connectivity index (χ3v) is 3.86. The molecule has 0 aromatic carbocycles. The molecule has 0 aromatic heterocycles. The fraction of sp³-hybridized carbons (Fsp3) is 1.00. The summed E-state index contributed by atoms with van der Waals surface area (Å²) in [5, 5.41) is 3.46. The Hall–Kier alpha value is -0.0800. The molecule has 1 N–H and O–H groups in total. The van der Waals surface area contributed by atoms with E-state index in [1.54, 1.807) is 0 Å². The van der Waals surface area contributed by atoms with Gasteiger partial charge in [0.25, 0.3) is 0 Å². The van der Waals surface area contributed by atoms with Gasteiger partial charge in [-0.1, -0.05) is 13.8 Å². The lowest BCUT2D eigenvalue weighted by atomic mass is 9.78. The number of likely N-dealkylation sites (tertiary alicyclic amines) is 1. The largest absolute Gasteiger partial charge is 0.317 e. The van der Waals surface area contributed by atoms with Gasteiger partial charge in [-0.15, -0.1) is 0 Å². The minimum Gasteiger partial charge on any atom is -0.317 e. The van der Waals surface area contributed by atoms with Crippen molar-refractivity contribution >= 4 is 0 Å². The highest BCUT2D eigenvalue weighted by atomic mass is 15.2. The zero-order chi connectivity index (χ0) is 11.3. The molecule has 15 heavy (non-hydrogen) atoms. The first kappa shape index (κ1) is 13.0. The first-order chi connectivity index (χ1) is 7.22. The predicted molar refractivity (Wildman–Crippen MR) is 67.2 cm³/mol. The number of nitrogens with one attached hydrogen (secondary N) is 1. The smallest absolute Gasteiger partial charge is 0.00421 e. The summed E-state index contributed by atoms with van der Waals surface area (Å²) in [6, 6.07) is 0.745. The number of piperidine rings is 1. The molecule has 2 nitrogen and oxygen atoms in total.